The molecule has 1 saturated heterocycles. The van der Waals surface area contributed by atoms with Crippen LogP contribution < -0.4 is 0 Å². The molecule has 0 saturated carbocycles. The largest absolute Gasteiger partial charge is 0.299 e. The van der Waals surface area contributed by atoms with Crippen molar-refractivity contribution < 1.29 is 17.0 Å². The molecule has 0 amide bonds. The predicted octanol–water partition coefficient (Wildman–Crippen LogP) is 1.98. The molecule has 0 spiro atoms. The van der Waals surface area contributed by atoms with E-state index in [-0.39, 0.29) is 13.0 Å². The average Bonchev–Trinajstić information content (AvgIpc) is 2.08. The Kier molecular flexibility index (Phi) is 4.12. The molecule has 1 atom stereocenters. The Morgan fingerprint density at radius 3 is 2.46 bits per heavy atom. The molecule has 0 aromatic rings. The second kappa shape index (κ2) is 4.91. The molecule has 3 nitrogen and oxygen atoms in total. The lowest BCUT2D eigenvalue weighted by Gasteiger charge is -2.12. The van der Waals surface area contributed by atoms with Crippen molar-refractivity contribution in [3.63, 3.8) is 0 Å². The summed E-state index contributed by atoms with van der Waals surface area (Å²) in [6.07, 6.45) is 4.32. The van der Waals surface area contributed by atoms with Gasteiger partial charge in [0.2, 0.25) is 5.50 Å². The average molecular weight is 210 g/mol. The van der Waals surface area contributed by atoms with E-state index in [9.17, 15) is 12.8 Å². The van der Waals surface area contributed by atoms with E-state index in [1.54, 1.807) is 0 Å². The number of rotatable bonds is 0. The summed E-state index contributed by atoms with van der Waals surface area (Å²) < 4.78 is 39.6. The fourth-order valence-corrected chi connectivity index (χ4v) is 2.28. The third-order valence-electron chi connectivity index (χ3n) is 2.14. The van der Waals surface area contributed by atoms with E-state index >= 15 is 0 Å². The summed E-state index contributed by atoms with van der Waals surface area (Å²) >= 11 is 0. The Hall–Kier alpha value is -0.160. The maximum Gasteiger partial charge on any atom is 0.299 e. The van der Waals surface area contributed by atoms with Crippen molar-refractivity contribution in [2.75, 3.05) is 6.61 Å². The van der Waals surface area contributed by atoms with Gasteiger partial charge in [0.25, 0.3) is 10.1 Å². The van der Waals surface area contributed by atoms with Crippen LogP contribution in [0.5, 0.6) is 0 Å². The summed E-state index contributed by atoms with van der Waals surface area (Å²) in [7, 11) is -3.93. The van der Waals surface area contributed by atoms with Crippen LogP contribution in [-0.2, 0) is 14.3 Å². The molecule has 1 heterocycles. The van der Waals surface area contributed by atoms with Gasteiger partial charge in [0.15, 0.2) is 0 Å². The molecule has 0 radical (unpaired) electrons. The van der Waals surface area contributed by atoms with Crippen LogP contribution in [0.1, 0.15) is 38.5 Å². The molecule has 5 heteroatoms. The summed E-state index contributed by atoms with van der Waals surface area (Å²) in [5.74, 6) is 0. The molecule has 0 aromatic heterocycles. The molecule has 0 aromatic carbocycles. The van der Waals surface area contributed by atoms with Crippen LogP contribution in [-0.4, -0.2) is 20.5 Å². The minimum atomic E-state index is -3.93. The number of alkyl halides is 1. The van der Waals surface area contributed by atoms with Gasteiger partial charge < -0.3 is 0 Å². The summed E-state index contributed by atoms with van der Waals surface area (Å²) in [6, 6.07) is 0. The predicted molar refractivity (Wildman–Crippen MR) is 47.5 cm³/mol. The summed E-state index contributed by atoms with van der Waals surface area (Å²) in [4.78, 5) is 0. The SMILES string of the molecule is O=S1(=O)OCCCCCCCC1F. The van der Waals surface area contributed by atoms with Gasteiger partial charge in [-0.3, -0.25) is 4.18 Å². The van der Waals surface area contributed by atoms with Crippen molar-refractivity contribution in [2.45, 2.75) is 44.0 Å². The monoisotopic (exact) mass is 210 g/mol. The Labute approximate surface area is 78.4 Å². The molecule has 0 bridgehead atoms. The third-order valence-corrected chi connectivity index (χ3v) is 3.49. The van der Waals surface area contributed by atoms with Gasteiger partial charge in [0.1, 0.15) is 0 Å². The second-order valence-corrected chi connectivity index (χ2v) is 5.01. The quantitative estimate of drug-likeness (QED) is 0.574. The van der Waals surface area contributed by atoms with E-state index in [0.717, 1.165) is 19.3 Å². The normalized spacial score (nSPS) is 31.0. The minimum Gasteiger partial charge on any atom is -0.268 e. The summed E-state index contributed by atoms with van der Waals surface area (Å²) in [5.41, 5.74) is -1.83. The number of hydrogen-bond acceptors (Lipinski definition) is 3. The molecule has 0 aliphatic carbocycles. The fraction of sp³-hybridized carbons (Fsp3) is 1.00. The van der Waals surface area contributed by atoms with Crippen molar-refractivity contribution in [1.82, 2.24) is 0 Å². The number of halogens is 1. The first-order valence-corrected chi connectivity index (χ1v) is 6.12. The molecule has 0 N–H and O–H groups in total. The van der Waals surface area contributed by atoms with Crippen LogP contribution in [0.4, 0.5) is 4.39 Å². The molecule has 13 heavy (non-hydrogen) atoms. The van der Waals surface area contributed by atoms with Gasteiger partial charge in [-0.2, -0.15) is 8.42 Å². The first kappa shape index (κ1) is 10.9. The van der Waals surface area contributed by atoms with E-state index in [2.05, 4.69) is 4.18 Å². The summed E-state index contributed by atoms with van der Waals surface area (Å²) in [5, 5.41) is 0. The zero-order valence-electron chi connectivity index (χ0n) is 7.54. The van der Waals surface area contributed by atoms with Crippen molar-refractivity contribution in [3.05, 3.63) is 0 Å². The van der Waals surface area contributed by atoms with Crippen molar-refractivity contribution in [1.29, 1.82) is 0 Å². The smallest absolute Gasteiger partial charge is 0.268 e. The summed E-state index contributed by atoms with van der Waals surface area (Å²) in [6.45, 7) is 0.128. The highest BCUT2D eigenvalue weighted by Crippen LogP contribution is 2.17. The maximum atomic E-state index is 13.0. The van der Waals surface area contributed by atoms with Gasteiger partial charge in [-0.1, -0.05) is 19.3 Å². The standard InChI is InChI=1S/C8H15FO3S/c9-8-6-4-2-1-3-5-7-12-13(8,10)11/h8H,1-7H2. The third kappa shape index (κ3) is 3.60. The lowest BCUT2D eigenvalue weighted by Crippen LogP contribution is -2.20. The van der Waals surface area contributed by atoms with Crippen molar-refractivity contribution >= 4 is 10.1 Å². The van der Waals surface area contributed by atoms with E-state index < -0.39 is 15.6 Å². The maximum absolute atomic E-state index is 13.0. The highest BCUT2D eigenvalue weighted by atomic mass is 32.2. The van der Waals surface area contributed by atoms with Gasteiger partial charge in [-0.25, -0.2) is 4.39 Å². The molecular formula is C8H15FO3S. The van der Waals surface area contributed by atoms with Crippen molar-refractivity contribution in [3.8, 4) is 0 Å². The van der Waals surface area contributed by atoms with Crippen LogP contribution in [0.2, 0.25) is 0 Å². The Morgan fingerprint density at radius 1 is 1.08 bits per heavy atom. The topological polar surface area (TPSA) is 43.4 Å². The lowest BCUT2D eigenvalue weighted by atomic mass is 10.1. The Balaban J connectivity index is 2.53. The van der Waals surface area contributed by atoms with E-state index in [4.69, 9.17) is 0 Å². The minimum absolute atomic E-state index is 0.0718. The molecule has 1 aliphatic heterocycles. The lowest BCUT2D eigenvalue weighted by molar-refractivity contribution is 0.264. The highest BCUT2D eigenvalue weighted by Gasteiger charge is 2.25. The van der Waals surface area contributed by atoms with E-state index in [0.29, 0.717) is 12.8 Å². The second-order valence-electron chi connectivity index (χ2n) is 3.28. The van der Waals surface area contributed by atoms with Crippen LogP contribution in [0, 0.1) is 0 Å². The molecule has 1 aliphatic rings. The Bertz CT molecular complexity index is 238. The molecule has 78 valence electrons. The number of hydrogen-bond donors (Lipinski definition) is 0. The fourth-order valence-electron chi connectivity index (χ4n) is 1.33. The zero-order chi connectivity index (χ0) is 9.73. The first-order valence-electron chi connectivity index (χ1n) is 4.65. The van der Waals surface area contributed by atoms with Gasteiger partial charge in [-0.05, 0) is 19.3 Å². The van der Waals surface area contributed by atoms with E-state index in [1.165, 1.54) is 0 Å². The first-order chi connectivity index (χ1) is 6.13. The van der Waals surface area contributed by atoms with Crippen LogP contribution in [0.15, 0.2) is 0 Å². The van der Waals surface area contributed by atoms with Gasteiger partial charge in [-0.15, -0.1) is 0 Å². The van der Waals surface area contributed by atoms with E-state index in [1.807, 2.05) is 0 Å². The van der Waals surface area contributed by atoms with Crippen LogP contribution in [0.3, 0.4) is 0 Å². The molecule has 1 rings (SSSR count). The molecular weight excluding hydrogens is 195 g/mol. The van der Waals surface area contributed by atoms with Gasteiger partial charge in [0.05, 0.1) is 6.61 Å². The zero-order valence-corrected chi connectivity index (χ0v) is 8.35. The van der Waals surface area contributed by atoms with Crippen LogP contribution in [0.25, 0.3) is 0 Å². The molecule has 1 fully saturated rings. The molecule has 1 unspecified atom stereocenters. The van der Waals surface area contributed by atoms with Gasteiger partial charge in [0, 0.05) is 0 Å². The highest BCUT2D eigenvalue weighted by molar-refractivity contribution is 7.87. The Morgan fingerprint density at radius 2 is 1.69 bits per heavy atom. The van der Waals surface area contributed by atoms with Gasteiger partial charge >= 0.3 is 0 Å². The van der Waals surface area contributed by atoms with Crippen molar-refractivity contribution in [2.24, 2.45) is 0 Å². The van der Waals surface area contributed by atoms with Crippen LogP contribution >= 0.6 is 0 Å².